The van der Waals surface area contributed by atoms with E-state index < -0.39 is 0 Å². The lowest BCUT2D eigenvalue weighted by Gasteiger charge is -2.35. The first kappa shape index (κ1) is 21.3. The SMILES string of the molecule is Cc1cc(C)n(-c2cc(N3CCN(CCCN4C(=O)c5ccccc5C4=O)CC3)ncn2)n1. The Morgan fingerprint density at radius 1 is 0.848 bits per heavy atom. The Bertz CT molecular complexity index is 1160. The number of rotatable bonds is 6. The number of nitrogens with zero attached hydrogens (tertiary/aromatic N) is 7. The van der Waals surface area contributed by atoms with E-state index in [-0.39, 0.29) is 11.8 Å². The molecule has 0 bridgehead atoms. The average molecular weight is 446 g/mol. The zero-order valence-electron chi connectivity index (χ0n) is 18.9. The van der Waals surface area contributed by atoms with Crippen molar-refractivity contribution < 1.29 is 9.59 Å². The molecule has 33 heavy (non-hydrogen) atoms. The first-order valence-corrected chi connectivity index (χ1v) is 11.3. The first-order valence-electron chi connectivity index (χ1n) is 11.3. The van der Waals surface area contributed by atoms with Crippen molar-refractivity contribution in [1.82, 2.24) is 29.5 Å². The van der Waals surface area contributed by atoms with Crippen molar-refractivity contribution in [3.63, 3.8) is 0 Å². The first-order chi connectivity index (χ1) is 16.0. The zero-order chi connectivity index (χ0) is 22.9. The monoisotopic (exact) mass is 445 g/mol. The summed E-state index contributed by atoms with van der Waals surface area (Å²) in [6, 6.07) is 11.1. The van der Waals surface area contributed by atoms with E-state index in [4.69, 9.17) is 0 Å². The third-order valence-electron chi connectivity index (χ3n) is 6.30. The summed E-state index contributed by atoms with van der Waals surface area (Å²) in [5.41, 5.74) is 3.03. The summed E-state index contributed by atoms with van der Waals surface area (Å²) in [6.07, 6.45) is 2.36. The van der Waals surface area contributed by atoms with Crippen LogP contribution in [0.3, 0.4) is 0 Å². The predicted molar refractivity (Wildman–Crippen MR) is 124 cm³/mol. The summed E-state index contributed by atoms with van der Waals surface area (Å²) < 4.78 is 1.84. The van der Waals surface area contributed by atoms with Crippen LogP contribution in [0.15, 0.2) is 42.7 Å². The molecule has 0 saturated carbocycles. The van der Waals surface area contributed by atoms with Gasteiger partial charge in [-0.2, -0.15) is 5.10 Å². The number of imide groups is 1. The van der Waals surface area contributed by atoms with E-state index >= 15 is 0 Å². The zero-order valence-corrected chi connectivity index (χ0v) is 18.9. The van der Waals surface area contributed by atoms with Crippen molar-refractivity contribution in [2.75, 3.05) is 44.2 Å². The maximum absolute atomic E-state index is 12.5. The highest BCUT2D eigenvalue weighted by Crippen LogP contribution is 2.23. The molecule has 0 unspecified atom stereocenters. The number of carbonyl (C=O) groups is 2. The van der Waals surface area contributed by atoms with Gasteiger partial charge in [0, 0.05) is 44.5 Å². The number of aryl methyl sites for hydroxylation is 2. The van der Waals surface area contributed by atoms with Crippen LogP contribution in [-0.4, -0.2) is 80.6 Å². The van der Waals surface area contributed by atoms with Gasteiger partial charge in [0.2, 0.25) is 0 Å². The van der Waals surface area contributed by atoms with Gasteiger partial charge in [0.25, 0.3) is 11.8 Å². The third kappa shape index (κ3) is 4.11. The lowest BCUT2D eigenvalue weighted by Crippen LogP contribution is -2.47. The Hall–Kier alpha value is -3.59. The molecule has 1 saturated heterocycles. The van der Waals surface area contributed by atoms with Gasteiger partial charge in [-0.25, -0.2) is 14.6 Å². The van der Waals surface area contributed by atoms with Gasteiger partial charge in [-0.3, -0.25) is 19.4 Å². The van der Waals surface area contributed by atoms with Gasteiger partial charge in [-0.05, 0) is 45.0 Å². The van der Waals surface area contributed by atoms with E-state index in [9.17, 15) is 9.59 Å². The second kappa shape index (κ2) is 8.74. The van der Waals surface area contributed by atoms with E-state index in [0.29, 0.717) is 17.7 Å². The van der Waals surface area contributed by atoms with Crippen LogP contribution in [0.4, 0.5) is 5.82 Å². The van der Waals surface area contributed by atoms with Crippen molar-refractivity contribution in [2.24, 2.45) is 0 Å². The molecule has 4 heterocycles. The minimum atomic E-state index is -0.178. The molecule has 170 valence electrons. The van der Waals surface area contributed by atoms with Crippen LogP contribution in [0, 0.1) is 13.8 Å². The quantitative estimate of drug-likeness (QED) is 0.537. The smallest absolute Gasteiger partial charge is 0.261 e. The van der Waals surface area contributed by atoms with Crippen LogP contribution < -0.4 is 4.90 Å². The molecule has 5 rings (SSSR count). The molecule has 0 aliphatic carbocycles. The third-order valence-corrected chi connectivity index (χ3v) is 6.30. The van der Waals surface area contributed by atoms with Gasteiger partial charge >= 0.3 is 0 Å². The average Bonchev–Trinajstić information content (AvgIpc) is 3.30. The van der Waals surface area contributed by atoms with Crippen LogP contribution in [-0.2, 0) is 0 Å². The molecule has 0 atom stereocenters. The molecular formula is C24H27N7O2. The maximum Gasteiger partial charge on any atom is 0.261 e. The number of amides is 2. The van der Waals surface area contributed by atoms with Crippen LogP contribution >= 0.6 is 0 Å². The Balaban J connectivity index is 1.13. The summed E-state index contributed by atoms with van der Waals surface area (Å²) in [5.74, 6) is 1.32. The Kier molecular flexibility index (Phi) is 5.63. The van der Waals surface area contributed by atoms with Gasteiger partial charge < -0.3 is 4.90 Å². The lowest BCUT2D eigenvalue weighted by atomic mass is 10.1. The molecule has 2 aliphatic rings. The summed E-state index contributed by atoms with van der Waals surface area (Å²) in [5, 5.41) is 4.52. The number of hydrogen-bond donors (Lipinski definition) is 0. The van der Waals surface area contributed by atoms with Crippen LogP contribution in [0.1, 0.15) is 38.5 Å². The van der Waals surface area contributed by atoms with Gasteiger partial charge in [-0.15, -0.1) is 0 Å². The summed E-state index contributed by atoms with van der Waals surface area (Å²) in [7, 11) is 0. The molecule has 1 fully saturated rings. The second-order valence-electron chi connectivity index (χ2n) is 8.56. The fourth-order valence-corrected chi connectivity index (χ4v) is 4.58. The molecule has 3 aromatic rings. The Morgan fingerprint density at radius 3 is 2.15 bits per heavy atom. The highest BCUT2D eigenvalue weighted by Gasteiger charge is 2.34. The van der Waals surface area contributed by atoms with Crippen molar-refractivity contribution in [1.29, 1.82) is 0 Å². The van der Waals surface area contributed by atoms with Crippen LogP contribution in [0.2, 0.25) is 0 Å². The normalized spacial score (nSPS) is 16.5. The van der Waals surface area contributed by atoms with E-state index in [0.717, 1.165) is 62.2 Å². The summed E-state index contributed by atoms with van der Waals surface area (Å²) in [6.45, 7) is 8.82. The fraction of sp³-hybridized carbons (Fsp3) is 0.375. The largest absolute Gasteiger partial charge is 0.354 e. The minimum absolute atomic E-state index is 0.178. The predicted octanol–water partition coefficient (Wildman–Crippen LogP) is 2.09. The lowest BCUT2D eigenvalue weighted by molar-refractivity contribution is 0.0647. The fourth-order valence-electron chi connectivity index (χ4n) is 4.58. The van der Waals surface area contributed by atoms with Gasteiger partial charge in [0.15, 0.2) is 5.82 Å². The number of anilines is 1. The van der Waals surface area contributed by atoms with E-state index in [2.05, 4.69) is 24.9 Å². The number of piperazine rings is 1. The molecule has 0 spiro atoms. The molecule has 0 radical (unpaired) electrons. The maximum atomic E-state index is 12.5. The molecule has 9 nitrogen and oxygen atoms in total. The molecule has 0 N–H and O–H groups in total. The van der Waals surface area contributed by atoms with Crippen molar-refractivity contribution in [2.45, 2.75) is 20.3 Å². The number of hydrogen-bond acceptors (Lipinski definition) is 7. The number of aromatic nitrogens is 4. The highest BCUT2D eigenvalue weighted by atomic mass is 16.2. The van der Waals surface area contributed by atoms with E-state index in [1.165, 1.54) is 4.90 Å². The number of benzene rings is 1. The molecule has 9 heteroatoms. The highest BCUT2D eigenvalue weighted by molar-refractivity contribution is 6.21. The number of fused-ring (bicyclic) bond motifs is 1. The van der Waals surface area contributed by atoms with Crippen molar-refractivity contribution in [3.8, 4) is 5.82 Å². The minimum Gasteiger partial charge on any atom is -0.354 e. The van der Waals surface area contributed by atoms with Crippen molar-refractivity contribution >= 4 is 17.6 Å². The molecule has 1 aromatic carbocycles. The summed E-state index contributed by atoms with van der Waals surface area (Å²) in [4.78, 5) is 39.9. The second-order valence-corrected chi connectivity index (χ2v) is 8.56. The van der Waals surface area contributed by atoms with Crippen molar-refractivity contribution in [3.05, 3.63) is 65.2 Å². The molecular weight excluding hydrogens is 418 g/mol. The summed E-state index contributed by atoms with van der Waals surface area (Å²) >= 11 is 0. The topological polar surface area (TPSA) is 87.5 Å². The number of carbonyl (C=O) groups excluding carboxylic acids is 2. The molecule has 2 aromatic heterocycles. The Morgan fingerprint density at radius 2 is 1.52 bits per heavy atom. The van der Waals surface area contributed by atoms with Crippen LogP contribution in [0.5, 0.6) is 0 Å². The van der Waals surface area contributed by atoms with Gasteiger partial charge in [0.05, 0.1) is 16.8 Å². The van der Waals surface area contributed by atoms with E-state index in [1.807, 2.05) is 30.7 Å². The van der Waals surface area contributed by atoms with E-state index in [1.54, 1.807) is 30.6 Å². The standard InChI is InChI=1S/C24H27N7O2/c1-17-14-18(2)31(27-17)22-15-21(25-16-26-22)29-12-10-28(11-13-29)8-5-9-30-23(32)19-6-3-4-7-20(19)24(30)33/h3-4,6-7,14-16H,5,8-13H2,1-2H3. The molecule has 2 amide bonds. The van der Waals surface area contributed by atoms with Gasteiger partial charge in [0.1, 0.15) is 12.1 Å². The molecule has 2 aliphatic heterocycles. The Labute approximate surface area is 192 Å². The van der Waals surface area contributed by atoms with Crippen LogP contribution in [0.25, 0.3) is 5.82 Å². The van der Waals surface area contributed by atoms with Gasteiger partial charge in [-0.1, -0.05) is 12.1 Å².